The van der Waals surface area contributed by atoms with Gasteiger partial charge in [0, 0.05) is 24.7 Å². The van der Waals surface area contributed by atoms with Crippen LogP contribution in [0.4, 0.5) is 0 Å². The van der Waals surface area contributed by atoms with Crippen molar-refractivity contribution in [1.29, 1.82) is 5.41 Å². The molecule has 4 rings (SSSR count). The van der Waals surface area contributed by atoms with Gasteiger partial charge in [0.2, 0.25) is 0 Å². The van der Waals surface area contributed by atoms with Crippen LogP contribution in [0.1, 0.15) is 87.9 Å². The van der Waals surface area contributed by atoms with Crippen molar-refractivity contribution in [1.82, 2.24) is 10.2 Å². The van der Waals surface area contributed by atoms with Crippen LogP contribution in [0.2, 0.25) is 0 Å². The highest BCUT2D eigenvalue weighted by Gasteiger charge is 2.30. The van der Waals surface area contributed by atoms with Crippen LogP contribution in [0.15, 0.2) is 24.3 Å². The molecule has 2 aliphatic rings. The average molecular weight is 464 g/mol. The Labute approximate surface area is 200 Å². The van der Waals surface area contributed by atoms with Gasteiger partial charge in [0.15, 0.2) is 5.78 Å². The van der Waals surface area contributed by atoms with E-state index in [4.69, 9.17) is 10.1 Å². The minimum Gasteiger partial charge on any atom is -0.507 e. The van der Waals surface area contributed by atoms with Gasteiger partial charge in [0.05, 0.1) is 18.7 Å². The van der Waals surface area contributed by atoms with Crippen molar-refractivity contribution in [3.8, 4) is 11.5 Å². The highest BCUT2D eigenvalue weighted by atomic mass is 16.5. The van der Waals surface area contributed by atoms with Crippen molar-refractivity contribution >= 4 is 17.5 Å². The number of fused-ring (bicyclic) bond motifs is 1. The second kappa shape index (κ2) is 9.87. The van der Waals surface area contributed by atoms with Gasteiger partial charge in [0.25, 0.3) is 5.91 Å². The number of hydrogen-bond donors (Lipinski definition) is 3. The van der Waals surface area contributed by atoms with Gasteiger partial charge in [-0.25, -0.2) is 0 Å². The van der Waals surface area contributed by atoms with Crippen molar-refractivity contribution < 1.29 is 19.4 Å². The van der Waals surface area contributed by atoms with Gasteiger partial charge in [-0.1, -0.05) is 19.3 Å². The van der Waals surface area contributed by atoms with Crippen LogP contribution >= 0.6 is 0 Å². The van der Waals surface area contributed by atoms with E-state index in [0.717, 1.165) is 36.8 Å². The maximum Gasteiger partial charge on any atom is 0.254 e. The van der Waals surface area contributed by atoms with Crippen molar-refractivity contribution in [2.75, 3.05) is 20.2 Å². The van der Waals surface area contributed by atoms with Gasteiger partial charge >= 0.3 is 0 Å². The monoisotopic (exact) mass is 463 g/mol. The van der Waals surface area contributed by atoms with E-state index in [1.54, 1.807) is 30.1 Å². The van der Waals surface area contributed by atoms with Gasteiger partial charge in [-0.15, -0.1) is 0 Å². The number of ether oxygens (including phenoxy) is 1. The predicted octanol–water partition coefficient (Wildman–Crippen LogP) is 4.53. The molecule has 1 fully saturated rings. The van der Waals surface area contributed by atoms with E-state index in [1.165, 1.54) is 6.42 Å². The molecule has 0 aromatic heterocycles. The van der Waals surface area contributed by atoms with Crippen molar-refractivity contribution in [2.24, 2.45) is 0 Å². The zero-order valence-electron chi connectivity index (χ0n) is 20.2. The summed E-state index contributed by atoms with van der Waals surface area (Å²) < 4.78 is 5.66. The predicted molar refractivity (Wildman–Crippen MR) is 131 cm³/mol. The van der Waals surface area contributed by atoms with Crippen LogP contribution in [0.3, 0.4) is 0 Å². The molecule has 1 heterocycles. The molecule has 0 radical (unpaired) electrons. The number of carbonyl (C=O) groups is 2. The Balaban J connectivity index is 1.57. The number of aryl methyl sites for hydroxylation is 1. The van der Waals surface area contributed by atoms with Gasteiger partial charge < -0.3 is 20.1 Å². The first-order valence-electron chi connectivity index (χ1n) is 12.1. The smallest absolute Gasteiger partial charge is 0.254 e. The zero-order chi connectivity index (χ0) is 24.4. The maximum atomic E-state index is 13.3. The molecule has 180 valence electrons. The molecule has 1 aliphatic heterocycles. The van der Waals surface area contributed by atoms with Crippen LogP contribution in [0, 0.1) is 12.3 Å². The van der Waals surface area contributed by atoms with E-state index in [-0.39, 0.29) is 30.0 Å². The van der Waals surface area contributed by atoms with Crippen LogP contribution in [0.25, 0.3) is 0 Å². The molecule has 2 aromatic rings. The van der Waals surface area contributed by atoms with Gasteiger partial charge in [-0.05, 0) is 73.6 Å². The minimum atomic E-state index is -0.275. The normalized spacial score (nSPS) is 15.9. The Morgan fingerprint density at radius 3 is 2.59 bits per heavy atom. The Morgan fingerprint density at radius 2 is 1.91 bits per heavy atom. The molecule has 3 N–H and O–H groups in total. The summed E-state index contributed by atoms with van der Waals surface area (Å²) in [4.78, 5) is 27.3. The molecule has 34 heavy (non-hydrogen) atoms. The number of amides is 1. The molecule has 1 aliphatic carbocycles. The van der Waals surface area contributed by atoms with E-state index in [2.05, 4.69) is 5.32 Å². The van der Waals surface area contributed by atoms with E-state index in [0.29, 0.717) is 46.9 Å². The number of Topliss-reactive ketones (excluding diaryl/α,β-unsaturated/α-hetero) is 1. The number of rotatable bonds is 7. The quantitative estimate of drug-likeness (QED) is 0.524. The summed E-state index contributed by atoms with van der Waals surface area (Å²) in [6.07, 6.45) is 5.58. The lowest BCUT2D eigenvalue weighted by atomic mass is 9.82. The molecule has 0 spiro atoms. The van der Waals surface area contributed by atoms with Gasteiger partial charge in [0.1, 0.15) is 17.3 Å². The number of hydrogen-bond acceptors (Lipinski definition) is 5. The average Bonchev–Trinajstić information content (AvgIpc) is 3.14. The van der Waals surface area contributed by atoms with Crippen LogP contribution < -0.4 is 10.1 Å². The number of amidine groups is 1. The SMILES string of the molecule is CCOc1cc2c(cc1C(=O)NC)C(=N)N(CC(=O)c1cc(C)c(O)c(C3CCCCC3)c1)C2. The summed E-state index contributed by atoms with van der Waals surface area (Å²) in [5.41, 5.74) is 4.04. The van der Waals surface area contributed by atoms with Gasteiger partial charge in [-0.2, -0.15) is 0 Å². The summed E-state index contributed by atoms with van der Waals surface area (Å²) in [7, 11) is 1.56. The summed E-state index contributed by atoms with van der Waals surface area (Å²) in [6.45, 7) is 4.57. The van der Waals surface area contributed by atoms with E-state index < -0.39 is 0 Å². The molecule has 0 atom stereocenters. The number of phenolic OH excluding ortho intramolecular Hbond substituents is 1. The van der Waals surface area contributed by atoms with Crippen molar-refractivity contribution in [3.05, 3.63) is 57.6 Å². The highest BCUT2D eigenvalue weighted by molar-refractivity contribution is 6.07. The third-order valence-electron chi connectivity index (χ3n) is 6.94. The molecular weight excluding hydrogens is 430 g/mol. The molecule has 0 bridgehead atoms. The first-order chi connectivity index (χ1) is 16.3. The number of nitrogens with one attached hydrogen (secondary N) is 2. The number of carbonyl (C=O) groups excluding carboxylic acids is 2. The molecular formula is C27H33N3O4. The molecule has 2 aromatic carbocycles. The number of benzene rings is 2. The molecule has 1 saturated carbocycles. The Morgan fingerprint density at radius 1 is 1.18 bits per heavy atom. The summed E-state index contributed by atoms with van der Waals surface area (Å²) >= 11 is 0. The summed E-state index contributed by atoms with van der Waals surface area (Å²) in [6, 6.07) is 7.07. The summed E-state index contributed by atoms with van der Waals surface area (Å²) in [5, 5.41) is 21.9. The first kappa shape index (κ1) is 23.8. The zero-order valence-corrected chi connectivity index (χ0v) is 20.2. The lowest BCUT2D eigenvalue weighted by Gasteiger charge is -2.24. The number of phenols is 1. The van der Waals surface area contributed by atoms with Crippen LogP contribution in [-0.2, 0) is 6.54 Å². The van der Waals surface area contributed by atoms with Crippen LogP contribution in [-0.4, -0.2) is 47.7 Å². The lowest BCUT2D eigenvalue weighted by molar-refractivity contribution is 0.0953. The largest absolute Gasteiger partial charge is 0.507 e. The van der Waals surface area contributed by atoms with E-state index in [9.17, 15) is 14.7 Å². The molecule has 7 nitrogen and oxygen atoms in total. The van der Waals surface area contributed by atoms with Crippen LogP contribution in [0.5, 0.6) is 11.5 Å². The standard InChI is InChI=1S/C27H33N3O4/c1-4-34-24-12-19-14-30(26(28)21(19)13-22(24)27(33)29-3)15-23(31)18-10-16(2)25(32)20(11-18)17-8-6-5-7-9-17/h10-13,17,28,32H,4-9,14-15H2,1-3H3,(H,29,33). The topological polar surface area (TPSA) is 103 Å². The van der Waals surface area contributed by atoms with E-state index in [1.807, 2.05) is 19.9 Å². The fraction of sp³-hybridized carbons (Fsp3) is 0.444. The van der Waals surface area contributed by atoms with Crippen molar-refractivity contribution in [3.63, 3.8) is 0 Å². The highest BCUT2D eigenvalue weighted by Crippen LogP contribution is 2.39. The third kappa shape index (κ3) is 4.52. The summed E-state index contributed by atoms with van der Waals surface area (Å²) in [5.74, 6) is 0.926. The third-order valence-corrected chi connectivity index (χ3v) is 6.94. The second-order valence-corrected chi connectivity index (χ2v) is 9.21. The molecule has 0 unspecified atom stereocenters. The van der Waals surface area contributed by atoms with Crippen molar-refractivity contribution in [2.45, 2.75) is 58.4 Å². The molecule has 1 amide bonds. The molecule has 0 saturated heterocycles. The minimum absolute atomic E-state index is 0.0567. The Kier molecular flexibility index (Phi) is 6.91. The fourth-order valence-corrected chi connectivity index (χ4v) is 5.11. The fourth-order valence-electron chi connectivity index (χ4n) is 5.11. The Hall–Kier alpha value is -3.35. The maximum absolute atomic E-state index is 13.3. The Bertz CT molecular complexity index is 1140. The number of ketones is 1. The number of aromatic hydroxyl groups is 1. The van der Waals surface area contributed by atoms with Gasteiger partial charge in [-0.3, -0.25) is 15.0 Å². The molecule has 7 heteroatoms. The lowest BCUT2D eigenvalue weighted by Crippen LogP contribution is -2.30. The van der Waals surface area contributed by atoms with E-state index >= 15 is 0 Å². The second-order valence-electron chi connectivity index (χ2n) is 9.21. The first-order valence-corrected chi connectivity index (χ1v) is 12.1. The number of nitrogens with zero attached hydrogens (tertiary/aromatic N) is 1.